The highest BCUT2D eigenvalue weighted by atomic mass is 79.9. The molecule has 0 saturated carbocycles. The summed E-state index contributed by atoms with van der Waals surface area (Å²) in [5.74, 6) is 0. The van der Waals surface area contributed by atoms with E-state index < -0.39 is 10.0 Å². The van der Waals surface area contributed by atoms with Crippen molar-refractivity contribution < 1.29 is 13.2 Å². The third-order valence-corrected chi connectivity index (χ3v) is 4.65. The van der Waals surface area contributed by atoms with Crippen LogP contribution in [0, 0.1) is 6.92 Å². The van der Waals surface area contributed by atoms with Crippen molar-refractivity contribution >= 4 is 31.7 Å². The third-order valence-electron chi connectivity index (χ3n) is 2.93. The fraction of sp³-hybridized carbons (Fsp3) is 0.200. The van der Waals surface area contributed by atoms with Crippen LogP contribution in [-0.2, 0) is 14.8 Å². The summed E-state index contributed by atoms with van der Waals surface area (Å²) >= 11 is 3.34. The number of pyridine rings is 1. The minimum Gasteiger partial charge on any atom is -0.378 e. The van der Waals surface area contributed by atoms with Crippen LogP contribution in [0.3, 0.4) is 0 Å². The zero-order valence-electron chi connectivity index (χ0n) is 12.7. The fourth-order valence-corrected chi connectivity index (χ4v) is 2.91. The Bertz CT molecular complexity index is 805. The molecule has 1 N–H and O–H groups in total. The number of hydrogen-bond acceptors (Lipinski definition) is 5. The summed E-state index contributed by atoms with van der Waals surface area (Å²) in [5.41, 5.74) is 1.88. The van der Waals surface area contributed by atoms with Crippen molar-refractivity contribution in [3.05, 3.63) is 58.3 Å². The van der Waals surface area contributed by atoms with Crippen LogP contribution in [-0.4, -0.2) is 32.8 Å². The molecule has 0 saturated heterocycles. The van der Waals surface area contributed by atoms with E-state index in [9.17, 15) is 8.42 Å². The number of benzene rings is 1. The van der Waals surface area contributed by atoms with Gasteiger partial charge in [-0.2, -0.15) is 18.4 Å². The van der Waals surface area contributed by atoms with Crippen LogP contribution in [0.5, 0.6) is 0 Å². The molecule has 0 amide bonds. The first-order valence-electron chi connectivity index (χ1n) is 6.68. The molecule has 0 aliphatic rings. The Morgan fingerprint density at radius 2 is 2.00 bits per heavy atom. The van der Waals surface area contributed by atoms with Crippen molar-refractivity contribution in [1.82, 2.24) is 9.82 Å². The minimum absolute atomic E-state index is 0.125. The van der Waals surface area contributed by atoms with Crippen LogP contribution >= 0.6 is 15.9 Å². The number of hydrazone groups is 1. The largest absolute Gasteiger partial charge is 0.378 e. The molecule has 23 heavy (non-hydrogen) atoms. The van der Waals surface area contributed by atoms with Gasteiger partial charge in [0.05, 0.1) is 17.2 Å². The topological polar surface area (TPSA) is 80.6 Å². The number of halogens is 1. The molecular weight excluding hydrogens is 382 g/mol. The van der Waals surface area contributed by atoms with E-state index in [1.165, 1.54) is 19.2 Å². The van der Waals surface area contributed by atoms with E-state index in [4.69, 9.17) is 4.74 Å². The molecule has 0 aliphatic carbocycles. The van der Waals surface area contributed by atoms with Crippen molar-refractivity contribution in [3.8, 4) is 0 Å². The summed E-state index contributed by atoms with van der Waals surface area (Å²) in [7, 11) is -2.24. The monoisotopic (exact) mass is 397 g/mol. The number of nitrogens with zero attached hydrogens (tertiary/aromatic N) is 2. The molecule has 0 fully saturated rings. The van der Waals surface area contributed by atoms with Gasteiger partial charge in [0.2, 0.25) is 0 Å². The third kappa shape index (κ3) is 4.85. The number of rotatable bonds is 6. The number of aromatic nitrogens is 1. The van der Waals surface area contributed by atoms with Gasteiger partial charge in [-0.05, 0) is 31.2 Å². The Balaban J connectivity index is 2.28. The van der Waals surface area contributed by atoms with Gasteiger partial charge in [0.15, 0.2) is 0 Å². The van der Waals surface area contributed by atoms with Gasteiger partial charge in [-0.15, -0.1) is 0 Å². The first-order chi connectivity index (χ1) is 10.9. The standard InChI is InChI=1S/C15H16BrN3O3S/c1-11-3-5-13(6-4-11)23(20,21)19-18-15(10-22-2)14-9-12(16)7-8-17-14/h3-9,19H,10H2,1-2H3. The van der Waals surface area contributed by atoms with E-state index >= 15 is 0 Å². The van der Waals surface area contributed by atoms with Gasteiger partial charge in [-0.25, -0.2) is 0 Å². The number of ether oxygens (including phenoxy) is 1. The average molecular weight is 398 g/mol. The molecule has 0 spiro atoms. The summed E-state index contributed by atoms with van der Waals surface area (Å²) in [6.07, 6.45) is 1.60. The van der Waals surface area contributed by atoms with Gasteiger partial charge in [-0.1, -0.05) is 33.6 Å². The van der Waals surface area contributed by atoms with Gasteiger partial charge in [0, 0.05) is 17.8 Å². The maximum absolute atomic E-state index is 12.3. The quantitative estimate of drug-likeness (QED) is 0.599. The average Bonchev–Trinajstić information content (AvgIpc) is 2.52. The smallest absolute Gasteiger partial charge is 0.276 e. The lowest BCUT2D eigenvalue weighted by Crippen LogP contribution is -2.23. The highest BCUT2D eigenvalue weighted by molar-refractivity contribution is 9.10. The predicted octanol–water partition coefficient (Wildman–Crippen LogP) is 2.48. The number of methoxy groups -OCH3 is 1. The van der Waals surface area contributed by atoms with Gasteiger partial charge >= 0.3 is 0 Å². The molecule has 0 radical (unpaired) electrons. The Kier molecular flexibility index (Phi) is 5.86. The second kappa shape index (κ2) is 7.67. The summed E-state index contributed by atoms with van der Waals surface area (Å²) in [4.78, 5) is 6.53. The molecule has 1 aromatic heterocycles. The van der Waals surface area contributed by atoms with Crippen molar-refractivity contribution in [2.75, 3.05) is 13.7 Å². The molecule has 0 unspecified atom stereocenters. The van der Waals surface area contributed by atoms with Gasteiger partial charge in [-0.3, -0.25) is 4.98 Å². The highest BCUT2D eigenvalue weighted by Crippen LogP contribution is 2.12. The molecule has 2 rings (SSSR count). The number of nitrogens with one attached hydrogen (secondary N) is 1. The van der Waals surface area contributed by atoms with Crippen molar-refractivity contribution in [3.63, 3.8) is 0 Å². The van der Waals surface area contributed by atoms with E-state index in [0.717, 1.165) is 10.0 Å². The summed E-state index contributed by atoms with van der Waals surface area (Å²) in [5, 5.41) is 3.97. The number of aryl methyl sites for hydroxylation is 1. The maximum Gasteiger partial charge on any atom is 0.276 e. The Labute approximate surface area is 143 Å². The first kappa shape index (κ1) is 17.6. The lowest BCUT2D eigenvalue weighted by atomic mass is 10.2. The first-order valence-corrected chi connectivity index (χ1v) is 8.96. The second-order valence-corrected chi connectivity index (χ2v) is 7.34. The normalized spacial score (nSPS) is 12.2. The predicted molar refractivity (Wildman–Crippen MR) is 91.9 cm³/mol. The molecule has 1 aromatic carbocycles. The van der Waals surface area contributed by atoms with Crippen LogP contribution in [0.25, 0.3) is 0 Å². The van der Waals surface area contributed by atoms with Crippen LogP contribution in [0.15, 0.2) is 57.1 Å². The fourth-order valence-electron chi connectivity index (χ4n) is 1.75. The number of sulfonamides is 1. The Morgan fingerprint density at radius 3 is 2.61 bits per heavy atom. The summed E-state index contributed by atoms with van der Waals surface area (Å²) in [6, 6.07) is 10.0. The highest BCUT2D eigenvalue weighted by Gasteiger charge is 2.14. The Hall–Kier alpha value is -1.77. The van der Waals surface area contributed by atoms with Crippen LogP contribution < -0.4 is 4.83 Å². The van der Waals surface area contributed by atoms with E-state index in [1.807, 2.05) is 6.92 Å². The van der Waals surface area contributed by atoms with E-state index in [-0.39, 0.29) is 11.5 Å². The molecule has 0 bridgehead atoms. The van der Waals surface area contributed by atoms with Crippen LogP contribution in [0.1, 0.15) is 11.3 Å². The minimum atomic E-state index is -3.74. The molecule has 0 atom stereocenters. The lowest BCUT2D eigenvalue weighted by Gasteiger charge is -2.08. The van der Waals surface area contributed by atoms with Crippen molar-refractivity contribution in [2.45, 2.75) is 11.8 Å². The zero-order chi connectivity index (χ0) is 16.9. The maximum atomic E-state index is 12.3. The van der Waals surface area contributed by atoms with Crippen molar-refractivity contribution in [2.24, 2.45) is 5.10 Å². The molecular formula is C15H16BrN3O3S. The summed E-state index contributed by atoms with van der Waals surface area (Å²) in [6.45, 7) is 2.01. The Morgan fingerprint density at radius 1 is 1.30 bits per heavy atom. The molecule has 1 heterocycles. The molecule has 8 heteroatoms. The number of hydrogen-bond donors (Lipinski definition) is 1. The van der Waals surface area contributed by atoms with Crippen LogP contribution in [0.2, 0.25) is 0 Å². The molecule has 122 valence electrons. The van der Waals surface area contributed by atoms with E-state index in [1.54, 1.807) is 30.5 Å². The van der Waals surface area contributed by atoms with Crippen molar-refractivity contribution in [1.29, 1.82) is 0 Å². The van der Waals surface area contributed by atoms with Gasteiger partial charge in [0.25, 0.3) is 10.0 Å². The molecule has 0 aliphatic heterocycles. The molecule has 6 nitrogen and oxygen atoms in total. The second-order valence-electron chi connectivity index (χ2n) is 4.76. The van der Waals surface area contributed by atoms with E-state index in [0.29, 0.717) is 11.4 Å². The lowest BCUT2D eigenvalue weighted by molar-refractivity contribution is 0.245. The summed E-state index contributed by atoms with van der Waals surface area (Å²) < 4.78 is 30.4. The SMILES string of the molecule is COCC(=NNS(=O)(=O)c1ccc(C)cc1)c1cc(Br)ccn1. The van der Waals surface area contributed by atoms with E-state index in [2.05, 4.69) is 30.8 Å². The van der Waals surface area contributed by atoms with Gasteiger partial charge < -0.3 is 4.74 Å². The zero-order valence-corrected chi connectivity index (χ0v) is 15.1. The van der Waals surface area contributed by atoms with Crippen LogP contribution in [0.4, 0.5) is 0 Å². The molecule has 2 aromatic rings. The van der Waals surface area contributed by atoms with Gasteiger partial charge in [0.1, 0.15) is 5.71 Å².